The molecule has 1 aliphatic rings. The number of piperazine rings is 1. The molecule has 2 amide bonds. The number of nitrogens with zero attached hydrogens (tertiary/aromatic N) is 2. The zero-order valence-corrected chi connectivity index (χ0v) is 24.0. The summed E-state index contributed by atoms with van der Waals surface area (Å²) in [7, 11) is 1.32. The summed E-state index contributed by atoms with van der Waals surface area (Å²) < 4.78 is 4.89. The number of methoxy groups -OCH3 is 1. The van der Waals surface area contributed by atoms with Crippen LogP contribution in [0.2, 0.25) is 0 Å². The highest BCUT2D eigenvalue weighted by Gasteiger charge is 2.24. The van der Waals surface area contributed by atoms with Gasteiger partial charge in [-0.25, -0.2) is 4.79 Å². The van der Waals surface area contributed by atoms with E-state index in [1.807, 2.05) is 53.4 Å². The summed E-state index contributed by atoms with van der Waals surface area (Å²) in [4.78, 5) is 41.9. The highest BCUT2D eigenvalue weighted by atomic mass is 32.1. The minimum Gasteiger partial charge on any atom is -0.465 e. The molecule has 3 aromatic carbocycles. The molecule has 208 valence electrons. The Morgan fingerprint density at radius 3 is 2.05 bits per heavy atom. The fraction of sp³-hybridized carbons (Fsp3) is 0.290. The highest BCUT2D eigenvalue weighted by Crippen LogP contribution is 2.29. The van der Waals surface area contributed by atoms with Gasteiger partial charge in [0.2, 0.25) is 0 Å². The molecule has 2 N–H and O–H groups in total. The molecule has 0 aromatic heterocycles. The third-order valence-electron chi connectivity index (χ3n) is 6.83. The number of carbonyl (C=O) groups excluding carboxylic acids is 3. The second-order valence-electron chi connectivity index (χ2n) is 10.6. The lowest BCUT2D eigenvalue weighted by atomic mass is 9.87. The van der Waals surface area contributed by atoms with E-state index >= 15 is 0 Å². The molecule has 0 atom stereocenters. The number of thiocarbonyl (C=S) groups is 1. The third kappa shape index (κ3) is 6.84. The van der Waals surface area contributed by atoms with Crippen LogP contribution in [0.15, 0.2) is 72.8 Å². The lowest BCUT2D eigenvalue weighted by Gasteiger charge is -2.37. The number of anilines is 2. The van der Waals surface area contributed by atoms with Crippen molar-refractivity contribution in [2.24, 2.45) is 0 Å². The van der Waals surface area contributed by atoms with Gasteiger partial charge in [0.25, 0.3) is 11.8 Å². The van der Waals surface area contributed by atoms with Gasteiger partial charge in [-0.15, -0.1) is 0 Å². The maximum absolute atomic E-state index is 12.9. The topological polar surface area (TPSA) is 91.0 Å². The Kier molecular flexibility index (Phi) is 8.84. The van der Waals surface area contributed by atoms with Crippen LogP contribution in [0.1, 0.15) is 57.4 Å². The van der Waals surface area contributed by atoms with Crippen molar-refractivity contribution < 1.29 is 19.1 Å². The summed E-state index contributed by atoms with van der Waals surface area (Å²) in [5, 5.41) is 5.93. The first-order valence-electron chi connectivity index (χ1n) is 13.1. The number of rotatable bonds is 5. The van der Waals surface area contributed by atoms with Crippen molar-refractivity contribution in [1.82, 2.24) is 10.2 Å². The first kappa shape index (κ1) is 28.8. The molecular weight excluding hydrogens is 524 g/mol. The second kappa shape index (κ2) is 12.3. The van der Waals surface area contributed by atoms with Crippen LogP contribution in [0.25, 0.3) is 0 Å². The molecule has 4 rings (SSSR count). The van der Waals surface area contributed by atoms with Gasteiger partial charge in [-0.2, -0.15) is 0 Å². The van der Waals surface area contributed by atoms with Gasteiger partial charge >= 0.3 is 5.97 Å². The summed E-state index contributed by atoms with van der Waals surface area (Å²) in [6.07, 6.45) is 0. The van der Waals surface area contributed by atoms with E-state index in [2.05, 4.69) is 36.3 Å². The molecule has 1 heterocycles. The van der Waals surface area contributed by atoms with Crippen LogP contribution in [0.3, 0.4) is 0 Å². The van der Waals surface area contributed by atoms with E-state index in [0.717, 1.165) is 11.3 Å². The smallest absolute Gasteiger partial charge is 0.337 e. The molecule has 8 nitrogen and oxygen atoms in total. The first-order chi connectivity index (χ1) is 19.1. The second-order valence-corrected chi connectivity index (χ2v) is 11.0. The molecule has 1 saturated heterocycles. The highest BCUT2D eigenvalue weighted by molar-refractivity contribution is 7.80. The van der Waals surface area contributed by atoms with E-state index in [1.165, 1.54) is 7.11 Å². The van der Waals surface area contributed by atoms with Gasteiger partial charge in [-0.3, -0.25) is 14.9 Å². The van der Waals surface area contributed by atoms with Crippen molar-refractivity contribution in [3.05, 3.63) is 95.1 Å². The molecular formula is C31H34N4O4S. The van der Waals surface area contributed by atoms with Crippen LogP contribution >= 0.6 is 12.2 Å². The lowest BCUT2D eigenvalue weighted by Crippen LogP contribution is -2.49. The number of carbonyl (C=O) groups is 3. The Morgan fingerprint density at radius 2 is 1.45 bits per heavy atom. The molecule has 0 radical (unpaired) electrons. The van der Waals surface area contributed by atoms with E-state index in [0.29, 0.717) is 48.6 Å². The predicted octanol–water partition coefficient (Wildman–Crippen LogP) is 4.86. The Hall–Kier alpha value is -4.24. The number of esters is 1. The van der Waals surface area contributed by atoms with Crippen LogP contribution in [-0.4, -0.2) is 61.1 Å². The van der Waals surface area contributed by atoms with E-state index in [4.69, 9.17) is 17.0 Å². The monoisotopic (exact) mass is 558 g/mol. The zero-order chi connectivity index (χ0) is 28.9. The normalized spacial score (nSPS) is 13.4. The molecule has 9 heteroatoms. The van der Waals surface area contributed by atoms with E-state index < -0.39 is 5.97 Å². The van der Waals surface area contributed by atoms with E-state index in [1.54, 1.807) is 24.3 Å². The van der Waals surface area contributed by atoms with Crippen LogP contribution in [0, 0.1) is 0 Å². The van der Waals surface area contributed by atoms with Gasteiger partial charge in [0, 0.05) is 37.3 Å². The van der Waals surface area contributed by atoms with Crippen LogP contribution in [-0.2, 0) is 10.2 Å². The fourth-order valence-electron chi connectivity index (χ4n) is 4.52. The maximum atomic E-state index is 12.9. The van der Waals surface area contributed by atoms with Gasteiger partial charge in [-0.1, -0.05) is 51.1 Å². The molecule has 0 bridgehead atoms. The number of amides is 2. The number of ether oxygens (including phenoxy) is 1. The summed E-state index contributed by atoms with van der Waals surface area (Å²) in [5.74, 6) is -0.822. The average molecular weight is 559 g/mol. The Morgan fingerprint density at radius 1 is 0.825 bits per heavy atom. The minimum absolute atomic E-state index is 0.000870. The van der Waals surface area contributed by atoms with Crippen molar-refractivity contribution >= 4 is 46.5 Å². The van der Waals surface area contributed by atoms with E-state index in [9.17, 15) is 14.4 Å². The Balaban J connectivity index is 1.47. The molecule has 0 aliphatic carbocycles. The Bertz CT molecular complexity index is 1390. The fourth-order valence-corrected chi connectivity index (χ4v) is 4.72. The van der Waals surface area contributed by atoms with E-state index in [-0.39, 0.29) is 22.3 Å². The Labute approximate surface area is 240 Å². The van der Waals surface area contributed by atoms with Gasteiger partial charge in [0.15, 0.2) is 5.11 Å². The predicted molar refractivity (Wildman–Crippen MR) is 161 cm³/mol. The lowest BCUT2D eigenvalue weighted by molar-refractivity contribution is 0.0600. The van der Waals surface area contributed by atoms with Gasteiger partial charge in [0.1, 0.15) is 0 Å². The van der Waals surface area contributed by atoms with Crippen molar-refractivity contribution in [3.8, 4) is 0 Å². The maximum Gasteiger partial charge on any atom is 0.337 e. The molecule has 0 unspecified atom stereocenters. The molecule has 0 saturated carbocycles. The van der Waals surface area contributed by atoms with Crippen LogP contribution < -0.4 is 15.5 Å². The molecule has 1 aliphatic heterocycles. The number of hydrogen-bond acceptors (Lipinski definition) is 6. The SMILES string of the molecule is COC(=O)c1ccc(N2CCN(C(=O)c3ccccc3)CC2)c(NC(=S)NC(=O)c2ccc(C(C)(C)C)cc2)c1. The summed E-state index contributed by atoms with van der Waals surface area (Å²) in [6, 6.07) is 21.8. The molecule has 1 fully saturated rings. The standard InChI is InChI=1S/C31H34N4O4S/c1-31(2,3)24-13-10-21(11-14-24)27(36)33-30(40)32-25-20-23(29(38)39-4)12-15-26(25)34-16-18-35(19-17-34)28(37)22-8-6-5-7-9-22/h5-15,20H,16-19H2,1-4H3,(H2,32,33,36,40). The van der Waals surface area contributed by atoms with Gasteiger partial charge in [0.05, 0.1) is 24.0 Å². The van der Waals surface area contributed by atoms with Crippen molar-refractivity contribution in [1.29, 1.82) is 0 Å². The summed E-state index contributed by atoms with van der Waals surface area (Å²) >= 11 is 5.47. The summed E-state index contributed by atoms with van der Waals surface area (Å²) in [6.45, 7) is 8.59. The number of nitrogens with one attached hydrogen (secondary N) is 2. The molecule has 3 aromatic rings. The summed E-state index contributed by atoms with van der Waals surface area (Å²) in [5.41, 5.74) is 3.95. The minimum atomic E-state index is -0.484. The average Bonchev–Trinajstić information content (AvgIpc) is 2.96. The third-order valence-corrected chi connectivity index (χ3v) is 7.04. The van der Waals surface area contributed by atoms with Crippen molar-refractivity contribution in [2.75, 3.05) is 43.5 Å². The zero-order valence-electron chi connectivity index (χ0n) is 23.2. The molecule has 0 spiro atoms. The quantitative estimate of drug-likeness (QED) is 0.341. The first-order valence-corrected chi connectivity index (χ1v) is 13.5. The number of benzene rings is 3. The number of hydrogen-bond donors (Lipinski definition) is 2. The van der Waals surface area contributed by atoms with Crippen LogP contribution in [0.4, 0.5) is 11.4 Å². The van der Waals surface area contributed by atoms with Crippen molar-refractivity contribution in [2.45, 2.75) is 26.2 Å². The van der Waals surface area contributed by atoms with Gasteiger partial charge < -0.3 is 19.9 Å². The van der Waals surface area contributed by atoms with Crippen LogP contribution in [0.5, 0.6) is 0 Å². The van der Waals surface area contributed by atoms with Crippen molar-refractivity contribution in [3.63, 3.8) is 0 Å². The van der Waals surface area contributed by atoms with Gasteiger partial charge in [-0.05, 0) is 65.7 Å². The largest absolute Gasteiger partial charge is 0.465 e. The molecule has 40 heavy (non-hydrogen) atoms.